The summed E-state index contributed by atoms with van der Waals surface area (Å²) in [5, 5.41) is 2.82. The Morgan fingerprint density at radius 3 is 2.46 bits per heavy atom. The Morgan fingerprint density at radius 1 is 1.17 bits per heavy atom. The number of carbonyl (C=O) groups is 1. The van der Waals surface area contributed by atoms with Crippen molar-refractivity contribution in [2.75, 3.05) is 22.7 Å². The summed E-state index contributed by atoms with van der Waals surface area (Å²) in [6.45, 7) is 5.90. The summed E-state index contributed by atoms with van der Waals surface area (Å²) in [6.07, 6.45) is 1.16. The number of rotatable bonds is 6. The van der Waals surface area contributed by atoms with Gasteiger partial charge in [0, 0.05) is 29.4 Å². The van der Waals surface area contributed by atoms with E-state index in [1.807, 2.05) is 24.3 Å². The van der Waals surface area contributed by atoms with Gasteiger partial charge in [-0.25, -0.2) is 4.79 Å². The summed E-state index contributed by atoms with van der Waals surface area (Å²) >= 11 is 1.58. The second kappa shape index (κ2) is 7.62. The van der Waals surface area contributed by atoms with Crippen molar-refractivity contribution in [3.63, 3.8) is 0 Å². The monoisotopic (exact) mass is 341 g/mol. The molecule has 2 aromatic carbocycles. The number of hydrogen-bond acceptors (Lipinski definition) is 3. The van der Waals surface area contributed by atoms with Gasteiger partial charge in [0.2, 0.25) is 0 Å². The quantitative estimate of drug-likeness (QED) is 0.738. The minimum atomic E-state index is -0.0186. The Balaban J connectivity index is 1.57. The van der Waals surface area contributed by atoms with Crippen molar-refractivity contribution in [3.8, 4) is 0 Å². The van der Waals surface area contributed by atoms with Crippen molar-refractivity contribution in [1.29, 1.82) is 0 Å². The van der Waals surface area contributed by atoms with Gasteiger partial charge in [-0.2, -0.15) is 0 Å². The molecule has 1 saturated heterocycles. The molecule has 1 atom stereocenters. The number of nitrogens with zero attached hydrogens (tertiary/aromatic N) is 1. The largest absolute Gasteiger partial charge is 0.336 e. The first-order valence-corrected chi connectivity index (χ1v) is 9.17. The molecule has 1 aliphatic heterocycles. The molecule has 1 fully saturated rings. The van der Waals surface area contributed by atoms with Gasteiger partial charge in [0.1, 0.15) is 0 Å². The smallest absolute Gasteiger partial charge is 0.321 e. The van der Waals surface area contributed by atoms with Crippen molar-refractivity contribution in [1.82, 2.24) is 5.32 Å². The molecule has 1 heterocycles. The van der Waals surface area contributed by atoms with E-state index in [4.69, 9.17) is 0 Å². The summed E-state index contributed by atoms with van der Waals surface area (Å²) in [4.78, 5) is 14.5. The molecule has 24 heavy (non-hydrogen) atoms. The molecular formula is C19H23N3OS. The molecule has 0 bridgehead atoms. The molecule has 3 rings (SSSR count). The maximum Gasteiger partial charge on any atom is 0.321 e. The van der Waals surface area contributed by atoms with Gasteiger partial charge in [-0.1, -0.05) is 26.0 Å². The lowest BCUT2D eigenvalue weighted by Crippen LogP contribution is -2.27. The predicted octanol–water partition coefficient (Wildman–Crippen LogP) is 4.85. The van der Waals surface area contributed by atoms with Crippen LogP contribution < -0.4 is 14.9 Å². The van der Waals surface area contributed by atoms with Gasteiger partial charge in [-0.15, -0.1) is 0 Å². The Hall–Kier alpha value is -2.14. The molecule has 126 valence electrons. The zero-order chi connectivity index (χ0) is 16.9. The number of amides is 2. The number of anilines is 2. The third-order valence-electron chi connectivity index (χ3n) is 4.38. The molecule has 0 aliphatic carbocycles. The van der Waals surface area contributed by atoms with Gasteiger partial charge >= 0.3 is 6.03 Å². The van der Waals surface area contributed by atoms with E-state index in [9.17, 15) is 4.79 Å². The van der Waals surface area contributed by atoms with Crippen molar-refractivity contribution in [2.24, 2.45) is 0 Å². The van der Waals surface area contributed by atoms with Gasteiger partial charge in [0.15, 0.2) is 0 Å². The molecule has 0 radical (unpaired) electrons. The van der Waals surface area contributed by atoms with Gasteiger partial charge < -0.3 is 10.0 Å². The van der Waals surface area contributed by atoms with E-state index in [-0.39, 0.29) is 6.03 Å². The maximum absolute atomic E-state index is 11.7. The molecule has 0 spiro atoms. The van der Waals surface area contributed by atoms with Crippen LogP contribution in [0, 0.1) is 0 Å². The van der Waals surface area contributed by atoms with Crippen LogP contribution in [0.4, 0.5) is 16.2 Å². The van der Waals surface area contributed by atoms with E-state index in [2.05, 4.69) is 48.2 Å². The fourth-order valence-electron chi connectivity index (χ4n) is 2.65. The molecule has 0 saturated carbocycles. The number of urea groups is 1. The topological polar surface area (TPSA) is 44.4 Å². The van der Waals surface area contributed by atoms with Crippen molar-refractivity contribution in [2.45, 2.75) is 31.1 Å². The number of benzene rings is 2. The molecule has 2 amide bonds. The van der Waals surface area contributed by atoms with E-state index in [1.54, 1.807) is 16.8 Å². The highest BCUT2D eigenvalue weighted by atomic mass is 32.2. The minimum Gasteiger partial charge on any atom is -0.336 e. The predicted molar refractivity (Wildman–Crippen MR) is 102 cm³/mol. The van der Waals surface area contributed by atoms with Gasteiger partial charge in [0.25, 0.3) is 0 Å². The maximum atomic E-state index is 11.7. The van der Waals surface area contributed by atoms with Gasteiger partial charge in [-0.3, -0.25) is 4.90 Å². The number of hydrogen-bond donors (Lipinski definition) is 2. The highest BCUT2D eigenvalue weighted by Crippen LogP contribution is 2.26. The number of nitrogens with one attached hydrogen (secondary N) is 2. The Bertz CT molecular complexity index is 685. The zero-order valence-corrected chi connectivity index (χ0v) is 14.9. The van der Waals surface area contributed by atoms with Crippen LogP contribution in [0.25, 0.3) is 0 Å². The average molecular weight is 341 g/mol. The molecule has 4 nitrogen and oxygen atoms in total. The Morgan fingerprint density at radius 2 is 1.88 bits per heavy atom. The van der Waals surface area contributed by atoms with E-state index in [0.29, 0.717) is 12.5 Å². The van der Waals surface area contributed by atoms with E-state index in [0.717, 1.165) is 29.2 Å². The highest BCUT2D eigenvalue weighted by Gasteiger charge is 2.20. The molecule has 2 N–H and O–H groups in total. The zero-order valence-electron chi connectivity index (χ0n) is 14.1. The third-order valence-corrected chi connectivity index (χ3v) is 5.23. The van der Waals surface area contributed by atoms with Crippen LogP contribution in [0.15, 0.2) is 53.4 Å². The van der Waals surface area contributed by atoms with Crippen LogP contribution in [0.5, 0.6) is 0 Å². The first-order chi connectivity index (χ1) is 11.7. The SMILES string of the molecule is CCC(C)c1ccc(NSc2ccc(N3CCNC3=O)cc2)cc1. The second-order valence-electron chi connectivity index (χ2n) is 6.01. The highest BCUT2D eigenvalue weighted by molar-refractivity contribution is 8.00. The minimum absolute atomic E-state index is 0.0186. The van der Waals surface area contributed by atoms with Crippen LogP contribution in [0.1, 0.15) is 31.7 Å². The molecule has 1 aliphatic rings. The Labute approximate surface area is 147 Å². The summed E-state index contributed by atoms with van der Waals surface area (Å²) in [5.74, 6) is 0.599. The lowest BCUT2D eigenvalue weighted by Gasteiger charge is -2.14. The molecule has 1 unspecified atom stereocenters. The van der Waals surface area contributed by atoms with E-state index < -0.39 is 0 Å². The lowest BCUT2D eigenvalue weighted by atomic mass is 9.99. The lowest BCUT2D eigenvalue weighted by molar-refractivity contribution is 0.252. The van der Waals surface area contributed by atoms with Gasteiger partial charge in [-0.05, 0) is 66.2 Å². The van der Waals surface area contributed by atoms with Crippen LogP contribution in [0.3, 0.4) is 0 Å². The fraction of sp³-hybridized carbons (Fsp3) is 0.316. The Kier molecular flexibility index (Phi) is 5.30. The third kappa shape index (κ3) is 3.85. The average Bonchev–Trinajstić information content (AvgIpc) is 3.06. The standard InChI is InChI=1S/C19H23N3OS/c1-3-14(2)15-4-6-16(7-5-15)21-24-18-10-8-17(9-11-18)22-13-12-20-19(22)23/h4-11,14,21H,3,12-13H2,1-2H3,(H,20,23). The number of carbonyl (C=O) groups excluding carboxylic acids is 1. The van der Waals surface area contributed by atoms with Crippen molar-refractivity contribution < 1.29 is 4.79 Å². The van der Waals surface area contributed by atoms with E-state index in [1.165, 1.54) is 5.56 Å². The molecule has 2 aromatic rings. The summed E-state index contributed by atoms with van der Waals surface area (Å²) < 4.78 is 3.37. The fourth-order valence-corrected chi connectivity index (χ4v) is 3.29. The van der Waals surface area contributed by atoms with E-state index >= 15 is 0 Å². The van der Waals surface area contributed by atoms with Crippen LogP contribution in [-0.2, 0) is 0 Å². The first kappa shape index (κ1) is 16.7. The first-order valence-electron chi connectivity index (χ1n) is 8.35. The second-order valence-corrected chi connectivity index (χ2v) is 6.89. The summed E-state index contributed by atoms with van der Waals surface area (Å²) in [5.41, 5.74) is 3.41. The van der Waals surface area contributed by atoms with Crippen LogP contribution in [-0.4, -0.2) is 19.1 Å². The van der Waals surface area contributed by atoms with Crippen LogP contribution >= 0.6 is 11.9 Å². The summed E-state index contributed by atoms with van der Waals surface area (Å²) in [6, 6.07) is 16.6. The van der Waals surface area contributed by atoms with Crippen molar-refractivity contribution >= 4 is 29.4 Å². The molecular weight excluding hydrogens is 318 g/mol. The molecule has 0 aromatic heterocycles. The van der Waals surface area contributed by atoms with Crippen LogP contribution in [0.2, 0.25) is 0 Å². The molecule has 5 heteroatoms. The normalized spacial score (nSPS) is 15.2. The summed E-state index contributed by atoms with van der Waals surface area (Å²) in [7, 11) is 0. The van der Waals surface area contributed by atoms with Gasteiger partial charge in [0.05, 0.1) is 0 Å². The van der Waals surface area contributed by atoms with Crippen molar-refractivity contribution in [3.05, 3.63) is 54.1 Å².